The summed E-state index contributed by atoms with van der Waals surface area (Å²) >= 11 is 0. The summed E-state index contributed by atoms with van der Waals surface area (Å²) in [6.45, 7) is 2.95. The van der Waals surface area contributed by atoms with Gasteiger partial charge < -0.3 is 0 Å². The molecule has 4 rings (SSSR count). The average molecular weight is 434 g/mol. The number of rotatable bonds is 4. The van der Waals surface area contributed by atoms with Gasteiger partial charge >= 0.3 is 0 Å². The van der Waals surface area contributed by atoms with Crippen molar-refractivity contribution in [2.45, 2.75) is 32.2 Å². The lowest BCUT2D eigenvalue weighted by atomic mass is 9.95. The lowest BCUT2D eigenvalue weighted by molar-refractivity contribution is -0.130. The number of piperidine rings is 1. The normalized spacial score (nSPS) is 21.5. The van der Waals surface area contributed by atoms with Crippen molar-refractivity contribution < 1.29 is 19.2 Å². The average Bonchev–Trinajstić information content (AvgIpc) is 3.12. The molecule has 0 aromatic heterocycles. The largest absolute Gasteiger partial charge is 0.291 e. The number of anilines is 1. The van der Waals surface area contributed by atoms with Crippen LogP contribution in [-0.4, -0.2) is 47.7 Å². The van der Waals surface area contributed by atoms with E-state index in [0.717, 1.165) is 12.0 Å². The summed E-state index contributed by atoms with van der Waals surface area (Å²) in [6.07, 6.45) is 1.49. The molecule has 8 nitrogen and oxygen atoms in total. The molecule has 0 spiro atoms. The van der Waals surface area contributed by atoms with Crippen LogP contribution in [0.5, 0.6) is 0 Å². The number of carbonyl (C=O) groups is 4. The number of hydrogen-bond acceptors (Lipinski definition) is 5. The molecule has 2 atom stereocenters. The van der Waals surface area contributed by atoms with Crippen LogP contribution in [0.15, 0.2) is 54.6 Å². The summed E-state index contributed by atoms with van der Waals surface area (Å²) in [6, 6.07) is 15.3. The number of likely N-dealkylation sites (tertiary alicyclic amines) is 1. The zero-order chi connectivity index (χ0) is 22.7. The van der Waals surface area contributed by atoms with Gasteiger partial charge in [-0.25, -0.2) is 4.90 Å². The summed E-state index contributed by atoms with van der Waals surface area (Å²) < 4.78 is 0. The number of hydrogen-bond donors (Lipinski definition) is 2. The molecule has 166 valence electrons. The van der Waals surface area contributed by atoms with E-state index in [4.69, 9.17) is 0 Å². The van der Waals surface area contributed by atoms with Crippen molar-refractivity contribution in [1.29, 1.82) is 0 Å². The van der Waals surface area contributed by atoms with E-state index in [1.54, 1.807) is 42.5 Å². The highest BCUT2D eigenvalue weighted by Crippen LogP contribution is 2.28. The van der Waals surface area contributed by atoms with E-state index >= 15 is 0 Å². The highest BCUT2D eigenvalue weighted by atomic mass is 16.2. The molecule has 0 radical (unpaired) electrons. The molecule has 2 saturated heterocycles. The Kier molecular flexibility index (Phi) is 6.32. The Balaban J connectivity index is 1.36. The molecule has 0 aliphatic carbocycles. The van der Waals surface area contributed by atoms with Crippen molar-refractivity contribution in [2.24, 2.45) is 5.92 Å². The van der Waals surface area contributed by atoms with Crippen LogP contribution in [0.3, 0.4) is 0 Å². The first-order valence-corrected chi connectivity index (χ1v) is 10.8. The van der Waals surface area contributed by atoms with Gasteiger partial charge in [0.25, 0.3) is 11.8 Å². The van der Waals surface area contributed by atoms with Gasteiger partial charge in [-0.2, -0.15) is 0 Å². The highest BCUT2D eigenvalue weighted by molar-refractivity contribution is 6.22. The Morgan fingerprint density at radius 1 is 0.969 bits per heavy atom. The van der Waals surface area contributed by atoms with E-state index in [-0.39, 0.29) is 30.1 Å². The number of amides is 4. The van der Waals surface area contributed by atoms with Gasteiger partial charge in [0.2, 0.25) is 11.8 Å². The highest BCUT2D eigenvalue weighted by Gasteiger charge is 2.44. The SMILES string of the molecule is Cc1ccc(N2C(=O)CC(N3CCCC(C(=O)NNC(=O)c4ccccc4)C3)C2=O)cc1. The Morgan fingerprint density at radius 2 is 1.69 bits per heavy atom. The first-order chi connectivity index (χ1) is 15.4. The van der Waals surface area contributed by atoms with Crippen LogP contribution in [0.25, 0.3) is 0 Å². The molecule has 0 saturated carbocycles. The Labute approximate surface area is 186 Å². The number of aryl methyl sites for hydroxylation is 1. The van der Waals surface area contributed by atoms with E-state index < -0.39 is 11.9 Å². The smallest absolute Gasteiger partial charge is 0.269 e. The molecular weight excluding hydrogens is 408 g/mol. The monoisotopic (exact) mass is 434 g/mol. The van der Waals surface area contributed by atoms with Crippen LogP contribution in [0.2, 0.25) is 0 Å². The number of benzene rings is 2. The quantitative estimate of drug-likeness (QED) is 0.565. The van der Waals surface area contributed by atoms with Crippen LogP contribution >= 0.6 is 0 Å². The second-order valence-corrected chi connectivity index (χ2v) is 8.27. The zero-order valence-corrected chi connectivity index (χ0v) is 17.9. The van der Waals surface area contributed by atoms with E-state index in [1.165, 1.54) is 4.90 Å². The molecule has 2 aliphatic rings. The second kappa shape index (κ2) is 9.32. The standard InChI is InChI=1S/C24H26N4O4/c1-16-9-11-19(12-10-16)28-21(29)14-20(24(28)32)27-13-5-8-18(15-27)23(31)26-25-22(30)17-6-3-2-4-7-17/h2-4,6-7,9-12,18,20H,5,8,13-15H2,1H3,(H,25,30)(H,26,31). The van der Waals surface area contributed by atoms with E-state index in [2.05, 4.69) is 10.9 Å². The summed E-state index contributed by atoms with van der Waals surface area (Å²) in [7, 11) is 0. The van der Waals surface area contributed by atoms with Crippen molar-refractivity contribution in [3.05, 3.63) is 65.7 Å². The van der Waals surface area contributed by atoms with Crippen molar-refractivity contribution in [2.75, 3.05) is 18.0 Å². The molecule has 4 amide bonds. The van der Waals surface area contributed by atoms with Crippen molar-refractivity contribution >= 4 is 29.3 Å². The Morgan fingerprint density at radius 3 is 2.41 bits per heavy atom. The number of nitrogens with one attached hydrogen (secondary N) is 2. The lowest BCUT2D eigenvalue weighted by Crippen LogP contribution is -2.52. The third-order valence-corrected chi connectivity index (χ3v) is 6.01. The summed E-state index contributed by atoms with van der Waals surface area (Å²) in [5, 5.41) is 0. The van der Waals surface area contributed by atoms with Gasteiger partial charge in [-0.1, -0.05) is 35.9 Å². The van der Waals surface area contributed by atoms with Gasteiger partial charge in [-0.3, -0.25) is 34.9 Å². The minimum atomic E-state index is -0.571. The molecule has 2 N–H and O–H groups in total. The predicted molar refractivity (Wildman–Crippen MR) is 118 cm³/mol. The number of carbonyl (C=O) groups excluding carboxylic acids is 4. The van der Waals surface area contributed by atoms with E-state index in [1.807, 2.05) is 24.0 Å². The van der Waals surface area contributed by atoms with Gasteiger partial charge in [0, 0.05) is 12.1 Å². The van der Waals surface area contributed by atoms with E-state index in [9.17, 15) is 19.2 Å². The molecule has 2 heterocycles. The minimum Gasteiger partial charge on any atom is -0.291 e. The van der Waals surface area contributed by atoms with Gasteiger partial charge in [0.15, 0.2) is 0 Å². The van der Waals surface area contributed by atoms with Gasteiger partial charge in [0.05, 0.1) is 24.1 Å². The van der Waals surface area contributed by atoms with E-state index in [0.29, 0.717) is 30.8 Å². The molecule has 8 heteroatoms. The maximum absolute atomic E-state index is 13.1. The maximum Gasteiger partial charge on any atom is 0.269 e. The topological polar surface area (TPSA) is 98.8 Å². The van der Waals surface area contributed by atoms with Gasteiger partial charge in [-0.15, -0.1) is 0 Å². The van der Waals surface area contributed by atoms with Crippen LogP contribution in [0, 0.1) is 12.8 Å². The van der Waals surface area contributed by atoms with Crippen LogP contribution < -0.4 is 15.8 Å². The molecule has 2 aromatic carbocycles. The summed E-state index contributed by atoms with van der Waals surface area (Å²) in [4.78, 5) is 53.6. The number of hydrazine groups is 1. The fourth-order valence-electron chi connectivity index (χ4n) is 4.25. The van der Waals surface area contributed by atoms with Crippen LogP contribution in [-0.2, 0) is 14.4 Å². The summed E-state index contributed by atoms with van der Waals surface area (Å²) in [5.41, 5.74) is 7.01. The lowest BCUT2D eigenvalue weighted by Gasteiger charge is -2.34. The number of nitrogens with zero attached hydrogens (tertiary/aromatic N) is 2. The van der Waals surface area contributed by atoms with Gasteiger partial charge in [-0.05, 0) is 50.6 Å². The minimum absolute atomic E-state index is 0.103. The molecule has 2 aliphatic heterocycles. The molecule has 32 heavy (non-hydrogen) atoms. The maximum atomic E-state index is 13.1. The Bertz CT molecular complexity index is 1020. The van der Waals surface area contributed by atoms with Crippen LogP contribution in [0.4, 0.5) is 5.69 Å². The van der Waals surface area contributed by atoms with Gasteiger partial charge in [0.1, 0.15) is 0 Å². The van der Waals surface area contributed by atoms with Crippen LogP contribution in [0.1, 0.15) is 35.2 Å². The summed E-state index contributed by atoms with van der Waals surface area (Å²) in [5.74, 6) is -1.55. The van der Waals surface area contributed by atoms with Crippen molar-refractivity contribution in [3.63, 3.8) is 0 Å². The fraction of sp³-hybridized carbons (Fsp3) is 0.333. The van der Waals surface area contributed by atoms with Crippen molar-refractivity contribution in [3.8, 4) is 0 Å². The van der Waals surface area contributed by atoms with Crippen molar-refractivity contribution in [1.82, 2.24) is 15.8 Å². The Hall–Kier alpha value is -3.52. The first-order valence-electron chi connectivity index (χ1n) is 10.8. The first kappa shape index (κ1) is 21.7. The fourth-order valence-corrected chi connectivity index (χ4v) is 4.25. The second-order valence-electron chi connectivity index (χ2n) is 8.27. The molecular formula is C24H26N4O4. The third kappa shape index (κ3) is 4.55. The third-order valence-electron chi connectivity index (χ3n) is 6.01. The zero-order valence-electron chi connectivity index (χ0n) is 17.9. The molecule has 2 unspecified atom stereocenters. The molecule has 0 bridgehead atoms. The predicted octanol–water partition coefficient (Wildman–Crippen LogP) is 1.80. The molecule has 2 fully saturated rings. The number of imide groups is 1. The molecule has 2 aromatic rings.